The molecule has 0 heterocycles. The Bertz CT molecular complexity index is 347. The Hall–Kier alpha value is -0.760. The number of hydrogen-bond acceptors (Lipinski definition) is 1. The summed E-state index contributed by atoms with van der Waals surface area (Å²) in [4.78, 5) is 12.2. The molecule has 0 aromatic heterocycles. The topological polar surface area (TPSA) is 17.1 Å². The third kappa shape index (κ3) is 5.72. The fourth-order valence-corrected chi connectivity index (χ4v) is 4.82. The van der Waals surface area contributed by atoms with Crippen LogP contribution in [0.5, 0.6) is 0 Å². The number of benzene rings is 1. The number of carbonyl (C=O) groups is 1. The van der Waals surface area contributed by atoms with E-state index >= 15 is 0 Å². The Labute approximate surface area is 114 Å². The molecule has 0 atom stereocenters. The minimum atomic E-state index is 0.235. The van der Waals surface area contributed by atoms with E-state index in [1.807, 2.05) is 30.3 Å². The molecule has 0 radical (unpaired) electrons. The van der Waals surface area contributed by atoms with Gasteiger partial charge in [-0.1, -0.05) is 58.0 Å². The minimum Gasteiger partial charge on any atom is -0.289 e. The van der Waals surface area contributed by atoms with Crippen molar-refractivity contribution in [3.63, 3.8) is 0 Å². The highest BCUT2D eigenvalue weighted by atomic mass is 32.2. The molecule has 1 aromatic rings. The third-order valence-corrected chi connectivity index (χ3v) is 5.52. The second kappa shape index (κ2) is 7.63. The summed E-state index contributed by atoms with van der Waals surface area (Å²) in [6.07, 6.45) is 0. The molecule has 18 heavy (non-hydrogen) atoms. The second-order valence-corrected chi connectivity index (χ2v) is 7.85. The van der Waals surface area contributed by atoms with Gasteiger partial charge in [0.25, 0.3) is 0 Å². The molecular formula is C16H25OS+. The average molecular weight is 265 g/mol. The van der Waals surface area contributed by atoms with E-state index in [0.29, 0.717) is 17.6 Å². The van der Waals surface area contributed by atoms with Crippen LogP contribution in [0.3, 0.4) is 0 Å². The van der Waals surface area contributed by atoms with Crippen molar-refractivity contribution in [2.45, 2.75) is 27.7 Å². The summed E-state index contributed by atoms with van der Waals surface area (Å²) in [6, 6.07) is 9.69. The van der Waals surface area contributed by atoms with Gasteiger partial charge in [0, 0.05) is 5.56 Å². The monoisotopic (exact) mass is 265 g/mol. The van der Waals surface area contributed by atoms with Crippen LogP contribution in [-0.2, 0) is 10.9 Å². The van der Waals surface area contributed by atoms with Gasteiger partial charge in [-0.05, 0) is 22.7 Å². The second-order valence-electron chi connectivity index (χ2n) is 5.67. The van der Waals surface area contributed by atoms with E-state index in [2.05, 4.69) is 27.7 Å². The predicted octanol–water partition coefficient (Wildman–Crippen LogP) is 3.80. The first-order valence-corrected chi connectivity index (χ1v) is 8.44. The van der Waals surface area contributed by atoms with Crippen LogP contribution in [0.1, 0.15) is 38.1 Å². The van der Waals surface area contributed by atoms with Crippen LogP contribution in [0.15, 0.2) is 30.3 Å². The Morgan fingerprint density at radius 3 is 1.94 bits per heavy atom. The molecule has 1 aromatic carbocycles. The number of hydrogen-bond donors (Lipinski definition) is 0. The van der Waals surface area contributed by atoms with Crippen molar-refractivity contribution in [2.75, 3.05) is 17.3 Å². The molecule has 0 spiro atoms. The lowest BCUT2D eigenvalue weighted by Crippen LogP contribution is -2.27. The SMILES string of the molecule is CC(C)C[S+](CC(=O)c1ccccc1)CC(C)C. The van der Waals surface area contributed by atoms with E-state index in [0.717, 1.165) is 11.3 Å². The summed E-state index contributed by atoms with van der Waals surface area (Å²) in [6.45, 7) is 8.97. The predicted molar refractivity (Wildman–Crippen MR) is 82.4 cm³/mol. The van der Waals surface area contributed by atoms with Crippen molar-refractivity contribution in [3.8, 4) is 0 Å². The third-order valence-electron chi connectivity index (χ3n) is 2.57. The Morgan fingerprint density at radius 1 is 1.00 bits per heavy atom. The highest BCUT2D eigenvalue weighted by Gasteiger charge is 2.25. The van der Waals surface area contributed by atoms with Crippen molar-refractivity contribution in [3.05, 3.63) is 35.9 Å². The van der Waals surface area contributed by atoms with Crippen LogP contribution in [0.25, 0.3) is 0 Å². The highest BCUT2D eigenvalue weighted by Crippen LogP contribution is 2.12. The largest absolute Gasteiger partial charge is 0.289 e. The lowest BCUT2D eigenvalue weighted by molar-refractivity contribution is 0.102. The first-order valence-electron chi connectivity index (χ1n) is 6.71. The van der Waals surface area contributed by atoms with E-state index in [1.54, 1.807) is 0 Å². The average Bonchev–Trinajstić information content (AvgIpc) is 2.28. The molecule has 0 amide bonds. The fraction of sp³-hybridized carbons (Fsp3) is 0.562. The van der Waals surface area contributed by atoms with E-state index < -0.39 is 0 Å². The van der Waals surface area contributed by atoms with Gasteiger partial charge in [0.15, 0.2) is 5.75 Å². The van der Waals surface area contributed by atoms with Crippen molar-refractivity contribution in [1.82, 2.24) is 0 Å². The summed E-state index contributed by atoms with van der Waals surface area (Å²) in [5.41, 5.74) is 0.863. The van der Waals surface area contributed by atoms with Gasteiger partial charge in [0.05, 0.1) is 0 Å². The highest BCUT2D eigenvalue weighted by molar-refractivity contribution is 7.97. The summed E-state index contributed by atoms with van der Waals surface area (Å²) in [5, 5.41) is 0. The van der Waals surface area contributed by atoms with Crippen molar-refractivity contribution in [1.29, 1.82) is 0 Å². The zero-order valence-corrected chi connectivity index (χ0v) is 12.8. The molecule has 0 aliphatic carbocycles. The first-order chi connectivity index (χ1) is 8.49. The van der Waals surface area contributed by atoms with Gasteiger partial charge in [-0.3, -0.25) is 4.79 Å². The first kappa shape index (κ1) is 15.3. The molecule has 0 unspecified atom stereocenters. The molecule has 100 valence electrons. The molecule has 0 aliphatic rings. The van der Waals surface area contributed by atoms with Crippen LogP contribution < -0.4 is 0 Å². The molecule has 0 bridgehead atoms. The Balaban J connectivity index is 2.62. The summed E-state index contributed by atoms with van der Waals surface area (Å²) < 4.78 is 0. The molecule has 1 rings (SSSR count). The lowest BCUT2D eigenvalue weighted by Gasteiger charge is -2.12. The maximum absolute atomic E-state index is 12.2. The number of carbonyl (C=O) groups excluding carboxylic acids is 1. The molecule has 1 nitrogen and oxygen atoms in total. The van der Waals surface area contributed by atoms with E-state index in [4.69, 9.17) is 0 Å². The van der Waals surface area contributed by atoms with E-state index in [1.165, 1.54) is 11.5 Å². The molecule has 0 saturated carbocycles. The van der Waals surface area contributed by atoms with Gasteiger partial charge >= 0.3 is 0 Å². The number of ketones is 1. The quantitative estimate of drug-likeness (QED) is 0.541. The van der Waals surface area contributed by atoms with Gasteiger partial charge in [0.1, 0.15) is 11.5 Å². The lowest BCUT2D eigenvalue weighted by atomic mass is 10.2. The number of rotatable bonds is 7. The Kier molecular flexibility index (Phi) is 6.48. The molecule has 0 aliphatic heterocycles. The maximum atomic E-state index is 12.2. The van der Waals surface area contributed by atoms with Gasteiger partial charge in [-0.15, -0.1) is 0 Å². The van der Waals surface area contributed by atoms with Gasteiger partial charge in [-0.25, -0.2) is 0 Å². The molecule has 2 heteroatoms. The number of Topliss-reactive ketones (excluding diaryl/α,β-unsaturated/α-hetero) is 1. The summed E-state index contributed by atoms with van der Waals surface area (Å²) in [7, 11) is 0.235. The van der Waals surface area contributed by atoms with Gasteiger partial charge in [-0.2, -0.15) is 0 Å². The normalized spacial score (nSPS) is 11.5. The van der Waals surface area contributed by atoms with E-state index in [-0.39, 0.29) is 10.9 Å². The Morgan fingerprint density at radius 2 is 1.50 bits per heavy atom. The summed E-state index contributed by atoms with van der Waals surface area (Å²) >= 11 is 0. The molecule has 0 saturated heterocycles. The zero-order valence-electron chi connectivity index (χ0n) is 12.0. The summed E-state index contributed by atoms with van der Waals surface area (Å²) in [5.74, 6) is 4.74. The smallest absolute Gasteiger partial charge is 0.211 e. The van der Waals surface area contributed by atoms with Crippen LogP contribution in [0, 0.1) is 11.8 Å². The van der Waals surface area contributed by atoms with Crippen molar-refractivity contribution < 1.29 is 4.79 Å². The van der Waals surface area contributed by atoms with Crippen LogP contribution in [-0.4, -0.2) is 23.0 Å². The fourth-order valence-electron chi connectivity index (χ4n) is 2.02. The minimum absolute atomic E-state index is 0.235. The van der Waals surface area contributed by atoms with Crippen molar-refractivity contribution >= 4 is 16.7 Å². The van der Waals surface area contributed by atoms with Gasteiger partial charge < -0.3 is 0 Å². The standard InChI is InChI=1S/C16H25OS/c1-13(2)10-18(11-14(3)4)12-16(17)15-8-6-5-7-9-15/h5-9,13-14H,10-12H2,1-4H3/q+1. The van der Waals surface area contributed by atoms with Crippen LogP contribution >= 0.6 is 0 Å². The van der Waals surface area contributed by atoms with Crippen LogP contribution in [0.4, 0.5) is 0 Å². The van der Waals surface area contributed by atoms with E-state index in [9.17, 15) is 4.79 Å². The van der Waals surface area contributed by atoms with Crippen LogP contribution in [0.2, 0.25) is 0 Å². The molecule has 0 N–H and O–H groups in total. The zero-order chi connectivity index (χ0) is 13.5. The van der Waals surface area contributed by atoms with Gasteiger partial charge in [0.2, 0.25) is 5.78 Å². The molecular weight excluding hydrogens is 240 g/mol. The molecule has 0 fully saturated rings. The van der Waals surface area contributed by atoms with Crippen molar-refractivity contribution in [2.24, 2.45) is 11.8 Å². The maximum Gasteiger partial charge on any atom is 0.211 e.